The first-order chi connectivity index (χ1) is 12.9. The number of nitrogens with one attached hydrogen (secondary N) is 1. The molecule has 8 heteroatoms. The van der Waals surface area contributed by atoms with Crippen LogP contribution in [0.4, 0.5) is 0 Å². The van der Waals surface area contributed by atoms with Gasteiger partial charge in [-0.25, -0.2) is 0 Å². The van der Waals surface area contributed by atoms with E-state index in [2.05, 4.69) is 5.32 Å². The molecule has 2 aliphatic heterocycles. The second kappa shape index (κ2) is 8.68. The van der Waals surface area contributed by atoms with Gasteiger partial charge in [0.2, 0.25) is 5.91 Å². The first kappa shape index (κ1) is 20.3. The third-order valence-corrected chi connectivity index (χ3v) is 7.42. The van der Waals surface area contributed by atoms with Crippen molar-refractivity contribution in [2.24, 2.45) is 5.92 Å². The Labute approximate surface area is 161 Å². The predicted octanol–water partition coefficient (Wildman–Crippen LogP) is 1.19. The van der Waals surface area contributed by atoms with E-state index < -0.39 is 10.2 Å². The lowest BCUT2D eigenvalue weighted by molar-refractivity contribution is -0.129. The van der Waals surface area contributed by atoms with Crippen LogP contribution in [-0.2, 0) is 19.7 Å². The SMILES string of the molecule is CN(C)S(=O)(=O)N1CC[C@@H](c2ccccc2)[C@@H](NC(=O)C2CCOCC2)C1. The molecule has 2 fully saturated rings. The molecule has 2 atom stereocenters. The average Bonchev–Trinajstić information content (AvgIpc) is 2.69. The maximum atomic E-state index is 12.8. The summed E-state index contributed by atoms with van der Waals surface area (Å²) in [5.74, 6) is 0.0490. The molecule has 2 aliphatic rings. The zero-order chi connectivity index (χ0) is 19.4. The Hall–Kier alpha value is -1.48. The minimum absolute atomic E-state index is 0.00771. The van der Waals surface area contributed by atoms with Crippen molar-refractivity contribution >= 4 is 16.1 Å². The number of ether oxygens (including phenoxy) is 1. The zero-order valence-corrected chi connectivity index (χ0v) is 16.8. The van der Waals surface area contributed by atoms with Crippen LogP contribution in [0.2, 0.25) is 0 Å². The van der Waals surface area contributed by atoms with Crippen molar-refractivity contribution in [1.29, 1.82) is 0 Å². The number of amides is 1. The minimum atomic E-state index is -3.50. The van der Waals surface area contributed by atoms with Gasteiger partial charge in [-0.15, -0.1) is 0 Å². The van der Waals surface area contributed by atoms with Crippen molar-refractivity contribution in [3.63, 3.8) is 0 Å². The van der Waals surface area contributed by atoms with E-state index in [1.165, 1.54) is 22.7 Å². The fourth-order valence-electron chi connectivity index (χ4n) is 3.87. The van der Waals surface area contributed by atoms with E-state index in [1.54, 1.807) is 0 Å². The molecule has 27 heavy (non-hydrogen) atoms. The van der Waals surface area contributed by atoms with Gasteiger partial charge in [0.15, 0.2) is 0 Å². The Balaban J connectivity index is 1.79. The molecule has 0 radical (unpaired) electrons. The van der Waals surface area contributed by atoms with Crippen molar-refractivity contribution in [3.8, 4) is 0 Å². The first-order valence-electron chi connectivity index (χ1n) is 9.50. The fourth-order valence-corrected chi connectivity index (χ4v) is 5.02. The van der Waals surface area contributed by atoms with Crippen molar-refractivity contribution in [1.82, 2.24) is 13.9 Å². The van der Waals surface area contributed by atoms with Crippen LogP contribution >= 0.6 is 0 Å². The van der Waals surface area contributed by atoms with E-state index in [-0.39, 0.29) is 30.3 Å². The fraction of sp³-hybridized carbons (Fsp3) is 0.632. The Morgan fingerprint density at radius 2 is 1.81 bits per heavy atom. The zero-order valence-electron chi connectivity index (χ0n) is 16.0. The van der Waals surface area contributed by atoms with Gasteiger partial charge >= 0.3 is 0 Å². The summed E-state index contributed by atoms with van der Waals surface area (Å²) in [6, 6.07) is 9.78. The lowest BCUT2D eigenvalue weighted by Crippen LogP contribution is -2.56. The second-order valence-corrected chi connectivity index (χ2v) is 9.60. The summed E-state index contributed by atoms with van der Waals surface area (Å²) in [7, 11) is -0.432. The number of benzene rings is 1. The second-order valence-electron chi connectivity index (χ2n) is 7.46. The quantitative estimate of drug-likeness (QED) is 0.812. The highest BCUT2D eigenvalue weighted by atomic mass is 32.2. The van der Waals surface area contributed by atoms with E-state index in [0.717, 1.165) is 5.56 Å². The maximum Gasteiger partial charge on any atom is 0.281 e. The number of nitrogens with zero attached hydrogens (tertiary/aromatic N) is 2. The molecular weight excluding hydrogens is 366 g/mol. The van der Waals surface area contributed by atoms with E-state index in [0.29, 0.717) is 39.0 Å². The largest absolute Gasteiger partial charge is 0.381 e. The summed E-state index contributed by atoms with van der Waals surface area (Å²) < 4.78 is 33.2. The minimum Gasteiger partial charge on any atom is -0.381 e. The molecule has 0 saturated carbocycles. The van der Waals surface area contributed by atoms with Gasteiger partial charge < -0.3 is 10.1 Å². The molecule has 150 valence electrons. The molecule has 0 unspecified atom stereocenters. The van der Waals surface area contributed by atoms with Gasteiger partial charge in [-0.3, -0.25) is 4.79 Å². The van der Waals surface area contributed by atoms with Gasteiger partial charge in [-0.05, 0) is 24.8 Å². The Kier molecular flexibility index (Phi) is 6.52. The van der Waals surface area contributed by atoms with Crippen LogP contribution in [0.1, 0.15) is 30.7 Å². The van der Waals surface area contributed by atoms with Crippen molar-refractivity contribution < 1.29 is 17.9 Å². The molecule has 0 aromatic heterocycles. The summed E-state index contributed by atoms with van der Waals surface area (Å²) in [4.78, 5) is 12.8. The van der Waals surface area contributed by atoms with Crippen molar-refractivity contribution in [2.45, 2.75) is 31.2 Å². The molecule has 1 aromatic rings. The molecule has 0 spiro atoms. The normalized spacial score (nSPS) is 25.4. The molecule has 0 bridgehead atoms. The Morgan fingerprint density at radius 1 is 1.15 bits per heavy atom. The van der Waals surface area contributed by atoms with Crippen molar-refractivity contribution in [2.75, 3.05) is 40.4 Å². The summed E-state index contributed by atoms with van der Waals surface area (Å²) in [5, 5.41) is 3.16. The summed E-state index contributed by atoms with van der Waals surface area (Å²) in [6.07, 6.45) is 2.11. The highest BCUT2D eigenvalue weighted by molar-refractivity contribution is 7.86. The lowest BCUT2D eigenvalue weighted by atomic mass is 9.85. The standard InChI is InChI=1S/C19H29N3O4S/c1-21(2)27(24,25)22-11-8-17(15-6-4-3-5-7-15)18(14-22)20-19(23)16-9-12-26-13-10-16/h3-7,16-18H,8-14H2,1-2H3,(H,20,23)/t17-,18-/m0/s1. The molecule has 1 aromatic carbocycles. The third kappa shape index (κ3) is 4.68. The topological polar surface area (TPSA) is 79.0 Å². The number of piperidine rings is 1. The third-order valence-electron chi connectivity index (χ3n) is 5.51. The van der Waals surface area contributed by atoms with Gasteiger partial charge in [0.05, 0.1) is 0 Å². The molecule has 7 nitrogen and oxygen atoms in total. The molecule has 2 heterocycles. The summed E-state index contributed by atoms with van der Waals surface area (Å²) in [6.45, 7) is 1.94. The van der Waals surface area contributed by atoms with Gasteiger partial charge in [0.1, 0.15) is 0 Å². The molecule has 3 rings (SSSR count). The molecule has 1 N–H and O–H groups in total. The van der Waals surface area contributed by atoms with E-state index in [9.17, 15) is 13.2 Å². The number of hydrogen-bond donors (Lipinski definition) is 1. The number of carbonyl (C=O) groups excluding carboxylic acids is 1. The van der Waals surface area contributed by atoms with Gasteiger partial charge in [0, 0.05) is 58.3 Å². The first-order valence-corrected chi connectivity index (χ1v) is 10.9. The van der Waals surface area contributed by atoms with Gasteiger partial charge in [-0.1, -0.05) is 30.3 Å². The van der Waals surface area contributed by atoms with Gasteiger partial charge in [-0.2, -0.15) is 17.0 Å². The predicted molar refractivity (Wildman–Crippen MR) is 103 cm³/mol. The maximum absolute atomic E-state index is 12.8. The molecular formula is C19H29N3O4S. The van der Waals surface area contributed by atoms with Crippen LogP contribution in [0.25, 0.3) is 0 Å². The van der Waals surface area contributed by atoms with Crippen molar-refractivity contribution in [3.05, 3.63) is 35.9 Å². The van der Waals surface area contributed by atoms with E-state index in [4.69, 9.17) is 4.74 Å². The monoisotopic (exact) mass is 395 g/mol. The van der Waals surface area contributed by atoms with Gasteiger partial charge in [0.25, 0.3) is 10.2 Å². The van der Waals surface area contributed by atoms with Crippen LogP contribution < -0.4 is 5.32 Å². The number of carbonyl (C=O) groups is 1. The van der Waals surface area contributed by atoms with Crippen LogP contribution in [-0.4, -0.2) is 69.4 Å². The summed E-state index contributed by atoms with van der Waals surface area (Å²) in [5.41, 5.74) is 1.14. The number of rotatable bonds is 5. The Morgan fingerprint density at radius 3 is 2.44 bits per heavy atom. The van der Waals surface area contributed by atoms with E-state index in [1.807, 2.05) is 30.3 Å². The van der Waals surface area contributed by atoms with Crippen LogP contribution in [0.3, 0.4) is 0 Å². The highest BCUT2D eigenvalue weighted by Gasteiger charge is 2.38. The Bertz CT molecular complexity index is 733. The van der Waals surface area contributed by atoms with E-state index >= 15 is 0 Å². The smallest absolute Gasteiger partial charge is 0.281 e. The van der Waals surface area contributed by atoms with Crippen LogP contribution in [0.15, 0.2) is 30.3 Å². The summed E-state index contributed by atoms with van der Waals surface area (Å²) >= 11 is 0. The highest BCUT2D eigenvalue weighted by Crippen LogP contribution is 2.30. The lowest BCUT2D eigenvalue weighted by Gasteiger charge is -2.40. The molecule has 2 saturated heterocycles. The van der Waals surface area contributed by atoms with Crippen LogP contribution in [0.5, 0.6) is 0 Å². The molecule has 0 aliphatic carbocycles. The van der Waals surface area contributed by atoms with Crippen LogP contribution in [0, 0.1) is 5.92 Å². The number of hydrogen-bond acceptors (Lipinski definition) is 4. The average molecular weight is 396 g/mol. The molecule has 1 amide bonds.